The first-order valence-corrected chi connectivity index (χ1v) is 3.81. The maximum Gasteiger partial charge on any atom is 0.335 e. The Kier molecular flexibility index (Phi) is 3.00. The molecule has 1 rings (SSSR count). The van der Waals surface area contributed by atoms with E-state index < -0.39 is 18.2 Å². The van der Waals surface area contributed by atoms with E-state index in [1.807, 2.05) is 0 Å². The molecule has 1 aromatic heterocycles. The molecule has 0 amide bonds. The first-order chi connectivity index (χ1) is 6.52. The first-order valence-electron chi connectivity index (χ1n) is 3.81. The van der Waals surface area contributed by atoms with Gasteiger partial charge in [0.2, 0.25) is 0 Å². The summed E-state index contributed by atoms with van der Waals surface area (Å²) in [6, 6.07) is 1.35. The number of aliphatic hydroxyl groups excluding tert-OH is 2. The molecule has 0 radical (unpaired) electrons. The highest BCUT2D eigenvalue weighted by Crippen LogP contribution is 2.17. The summed E-state index contributed by atoms with van der Waals surface area (Å²) in [6.07, 6.45) is -0.807. The molecule has 76 valence electrons. The van der Waals surface area contributed by atoms with Crippen molar-refractivity contribution in [1.29, 1.82) is 0 Å². The minimum absolute atomic E-state index is 0.167. The molecular formula is C8H10N2O4. The molecule has 0 spiro atoms. The van der Waals surface area contributed by atoms with Gasteiger partial charge in [0.05, 0.1) is 5.69 Å². The Balaban J connectivity index is 2.89. The predicted molar refractivity (Wildman–Crippen MR) is 47.3 cm³/mol. The van der Waals surface area contributed by atoms with Crippen LogP contribution < -0.4 is 5.73 Å². The van der Waals surface area contributed by atoms with E-state index in [2.05, 4.69) is 4.98 Å². The number of hydrogen-bond donors (Lipinski definition) is 4. The molecule has 0 fully saturated rings. The summed E-state index contributed by atoms with van der Waals surface area (Å²) in [5, 5.41) is 26.8. The summed E-state index contributed by atoms with van der Waals surface area (Å²) in [4.78, 5) is 14.0. The molecule has 5 N–H and O–H groups in total. The normalized spacial score (nSPS) is 14.7. The van der Waals surface area contributed by atoms with Gasteiger partial charge >= 0.3 is 5.97 Å². The number of aliphatic hydroxyl groups is 2. The van der Waals surface area contributed by atoms with Crippen LogP contribution in [0.5, 0.6) is 0 Å². The van der Waals surface area contributed by atoms with Crippen LogP contribution in [0.1, 0.15) is 11.7 Å². The molecule has 0 saturated carbocycles. The molecule has 14 heavy (non-hydrogen) atoms. The molecule has 0 aliphatic carbocycles. The summed E-state index contributed by atoms with van der Waals surface area (Å²) in [6.45, 7) is 0. The Morgan fingerprint density at radius 2 is 2.07 bits per heavy atom. The lowest BCUT2D eigenvalue weighted by Crippen LogP contribution is -2.27. The second kappa shape index (κ2) is 4.03. The maximum atomic E-state index is 10.3. The Bertz CT molecular complexity index is 342. The van der Waals surface area contributed by atoms with Crippen LogP contribution in [0.2, 0.25) is 0 Å². The predicted octanol–water partition coefficient (Wildman–Crippen LogP) is -0.857. The van der Waals surface area contributed by atoms with Gasteiger partial charge in [-0.3, -0.25) is 4.98 Å². The zero-order valence-corrected chi connectivity index (χ0v) is 7.16. The average molecular weight is 198 g/mol. The quantitative estimate of drug-likeness (QED) is 0.502. The highest BCUT2D eigenvalue weighted by Gasteiger charge is 2.25. The highest BCUT2D eigenvalue weighted by molar-refractivity contribution is 5.73. The molecule has 1 aromatic rings. The van der Waals surface area contributed by atoms with E-state index in [4.69, 9.17) is 15.9 Å². The summed E-state index contributed by atoms with van der Waals surface area (Å²) >= 11 is 0. The minimum atomic E-state index is -1.88. The number of nitrogens with two attached hydrogens (primary N) is 1. The molecule has 0 aliphatic heterocycles. The Labute approximate surface area is 79.6 Å². The van der Waals surface area contributed by atoms with Crippen LogP contribution in [0, 0.1) is 0 Å². The van der Waals surface area contributed by atoms with E-state index in [0.717, 1.165) is 0 Å². The van der Waals surface area contributed by atoms with Crippen molar-refractivity contribution in [3.05, 3.63) is 24.0 Å². The van der Waals surface area contributed by atoms with E-state index in [1.165, 1.54) is 18.5 Å². The van der Waals surface area contributed by atoms with Gasteiger partial charge in [-0.2, -0.15) is 0 Å². The van der Waals surface area contributed by atoms with Crippen LogP contribution in [0.15, 0.2) is 18.5 Å². The lowest BCUT2D eigenvalue weighted by Gasteiger charge is -2.13. The average Bonchev–Trinajstić information content (AvgIpc) is 2.15. The van der Waals surface area contributed by atoms with Crippen molar-refractivity contribution in [2.24, 2.45) is 0 Å². The summed E-state index contributed by atoms with van der Waals surface area (Å²) in [5.41, 5.74) is 5.83. The molecule has 2 unspecified atom stereocenters. The minimum Gasteiger partial charge on any atom is -0.479 e. The fraction of sp³-hybridized carbons (Fsp3) is 0.250. The van der Waals surface area contributed by atoms with Gasteiger partial charge in [-0.25, -0.2) is 4.79 Å². The van der Waals surface area contributed by atoms with Crippen molar-refractivity contribution in [2.45, 2.75) is 12.2 Å². The molecule has 2 atom stereocenters. The van der Waals surface area contributed by atoms with E-state index in [9.17, 15) is 9.90 Å². The van der Waals surface area contributed by atoms with Crippen LogP contribution in [0.4, 0.5) is 5.69 Å². The van der Waals surface area contributed by atoms with Crippen LogP contribution >= 0.6 is 0 Å². The number of carboxylic acid groups (broad SMARTS) is 1. The van der Waals surface area contributed by atoms with Crippen molar-refractivity contribution in [3.8, 4) is 0 Å². The number of rotatable bonds is 3. The molecule has 6 heteroatoms. The van der Waals surface area contributed by atoms with Crippen molar-refractivity contribution >= 4 is 11.7 Å². The number of anilines is 1. The summed E-state index contributed by atoms with van der Waals surface area (Å²) in [7, 11) is 0. The number of aliphatic carboxylic acids is 1. The van der Waals surface area contributed by atoms with Gasteiger partial charge in [0, 0.05) is 18.0 Å². The largest absolute Gasteiger partial charge is 0.479 e. The van der Waals surface area contributed by atoms with E-state index in [1.54, 1.807) is 0 Å². The van der Waals surface area contributed by atoms with Crippen molar-refractivity contribution in [2.75, 3.05) is 5.73 Å². The third kappa shape index (κ3) is 2.18. The Morgan fingerprint density at radius 1 is 1.43 bits per heavy atom. The van der Waals surface area contributed by atoms with Gasteiger partial charge in [0.25, 0.3) is 0 Å². The van der Waals surface area contributed by atoms with Crippen molar-refractivity contribution in [1.82, 2.24) is 4.98 Å². The zero-order chi connectivity index (χ0) is 10.7. The van der Waals surface area contributed by atoms with E-state index >= 15 is 0 Å². The number of pyridine rings is 1. The van der Waals surface area contributed by atoms with Crippen LogP contribution in [0.25, 0.3) is 0 Å². The molecular weight excluding hydrogens is 188 g/mol. The fourth-order valence-corrected chi connectivity index (χ4v) is 0.955. The first kappa shape index (κ1) is 10.4. The molecule has 0 aromatic carbocycles. The second-order valence-electron chi connectivity index (χ2n) is 2.78. The fourth-order valence-electron chi connectivity index (χ4n) is 0.955. The van der Waals surface area contributed by atoms with E-state index in [0.29, 0.717) is 5.69 Å². The zero-order valence-electron chi connectivity index (χ0n) is 7.16. The maximum absolute atomic E-state index is 10.3. The van der Waals surface area contributed by atoms with E-state index in [-0.39, 0.29) is 5.56 Å². The topological polar surface area (TPSA) is 117 Å². The van der Waals surface area contributed by atoms with Crippen molar-refractivity contribution < 1.29 is 20.1 Å². The molecule has 0 saturated heterocycles. The molecule has 0 aliphatic rings. The van der Waals surface area contributed by atoms with Gasteiger partial charge in [-0.05, 0) is 6.07 Å². The van der Waals surface area contributed by atoms with Crippen LogP contribution in [0.3, 0.4) is 0 Å². The molecule has 0 bridgehead atoms. The third-order valence-electron chi connectivity index (χ3n) is 1.67. The smallest absolute Gasteiger partial charge is 0.335 e. The highest BCUT2D eigenvalue weighted by atomic mass is 16.4. The Morgan fingerprint density at radius 3 is 2.57 bits per heavy atom. The van der Waals surface area contributed by atoms with Crippen LogP contribution in [-0.4, -0.2) is 32.4 Å². The van der Waals surface area contributed by atoms with Gasteiger partial charge in [0.15, 0.2) is 6.10 Å². The molecule has 6 nitrogen and oxygen atoms in total. The number of carboxylic acids is 1. The number of nitrogen functional groups attached to an aromatic ring is 1. The second-order valence-corrected chi connectivity index (χ2v) is 2.78. The van der Waals surface area contributed by atoms with Gasteiger partial charge in [0.1, 0.15) is 6.10 Å². The molecule has 1 heterocycles. The van der Waals surface area contributed by atoms with Gasteiger partial charge in [-0.15, -0.1) is 0 Å². The number of aromatic nitrogens is 1. The lowest BCUT2D eigenvalue weighted by molar-refractivity contribution is -0.153. The third-order valence-corrected chi connectivity index (χ3v) is 1.67. The van der Waals surface area contributed by atoms with Crippen molar-refractivity contribution in [3.63, 3.8) is 0 Å². The number of hydrogen-bond acceptors (Lipinski definition) is 5. The van der Waals surface area contributed by atoms with Crippen LogP contribution in [-0.2, 0) is 4.79 Å². The summed E-state index contributed by atoms with van der Waals surface area (Å²) < 4.78 is 0. The Hall–Kier alpha value is -1.66. The summed E-state index contributed by atoms with van der Waals surface area (Å²) in [5.74, 6) is -1.50. The lowest BCUT2D eigenvalue weighted by atomic mass is 10.1. The monoisotopic (exact) mass is 198 g/mol. The standard InChI is InChI=1S/C8H10N2O4/c9-5-1-4(2-10-3-5)6(11)7(12)8(13)14/h1-3,6-7,11-12H,9H2,(H,13,14). The SMILES string of the molecule is Nc1cncc(C(O)C(O)C(=O)O)c1. The van der Waals surface area contributed by atoms with Gasteiger partial charge in [-0.1, -0.05) is 0 Å². The number of nitrogens with zero attached hydrogens (tertiary/aromatic N) is 1. The van der Waals surface area contributed by atoms with Gasteiger partial charge < -0.3 is 21.1 Å². The number of carbonyl (C=O) groups is 1.